The number of nitrogens with one attached hydrogen (secondary N) is 1. The van der Waals surface area contributed by atoms with E-state index in [9.17, 15) is 4.79 Å². The van der Waals surface area contributed by atoms with E-state index >= 15 is 0 Å². The summed E-state index contributed by atoms with van der Waals surface area (Å²) in [6.45, 7) is 3.90. The predicted molar refractivity (Wildman–Crippen MR) is 79.9 cm³/mol. The highest BCUT2D eigenvalue weighted by molar-refractivity contribution is 7.98. The third-order valence-electron chi connectivity index (χ3n) is 2.85. The van der Waals surface area contributed by atoms with Gasteiger partial charge in [0.2, 0.25) is 0 Å². The summed E-state index contributed by atoms with van der Waals surface area (Å²) < 4.78 is 0. The molecule has 0 aliphatic rings. The standard InChI is InChI=1S/C15H16N2OS/c1-10-6-7-16-14(8-10)17-15(18)13-9-12(19-3)5-4-11(13)2/h4-9H,1-3H3,(H,16,17,18). The number of carbonyl (C=O) groups is 1. The summed E-state index contributed by atoms with van der Waals surface area (Å²) in [6.07, 6.45) is 3.69. The van der Waals surface area contributed by atoms with E-state index < -0.39 is 0 Å². The van der Waals surface area contributed by atoms with Gasteiger partial charge >= 0.3 is 0 Å². The quantitative estimate of drug-likeness (QED) is 0.867. The van der Waals surface area contributed by atoms with Crippen molar-refractivity contribution in [1.29, 1.82) is 0 Å². The number of benzene rings is 1. The molecule has 1 aromatic carbocycles. The third kappa shape index (κ3) is 3.35. The van der Waals surface area contributed by atoms with E-state index in [1.54, 1.807) is 18.0 Å². The zero-order valence-corrected chi connectivity index (χ0v) is 12.0. The van der Waals surface area contributed by atoms with Crippen molar-refractivity contribution < 1.29 is 4.79 Å². The first-order valence-corrected chi connectivity index (χ1v) is 7.21. The Bertz CT molecular complexity index is 611. The molecule has 3 nitrogen and oxygen atoms in total. The summed E-state index contributed by atoms with van der Waals surface area (Å²) in [7, 11) is 0. The molecule has 0 saturated carbocycles. The molecular weight excluding hydrogens is 256 g/mol. The van der Waals surface area contributed by atoms with E-state index in [1.807, 2.05) is 50.4 Å². The molecule has 1 aromatic heterocycles. The molecule has 2 rings (SSSR count). The Morgan fingerprint density at radius 2 is 2.00 bits per heavy atom. The largest absolute Gasteiger partial charge is 0.307 e. The highest BCUT2D eigenvalue weighted by Crippen LogP contribution is 2.20. The third-order valence-corrected chi connectivity index (χ3v) is 3.57. The van der Waals surface area contributed by atoms with Gasteiger partial charge in [-0.05, 0) is 55.5 Å². The van der Waals surface area contributed by atoms with Crippen molar-refractivity contribution >= 4 is 23.5 Å². The van der Waals surface area contributed by atoms with E-state index in [0.717, 1.165) is 16.0 Å². The van der Waals surface area contributed by atoms with Gasteiger partial charge in [0.1, 0.15) is 5.82 Å². The fraction of sp³-hybridized carbons (Fsp3) is 0.200. The van der Waals surface area contributed by atoms with Crippen LogP contribution in [0.2, 0.25) is 0 Å². The summed E-state index contributed by atoms with van der Waals surface area (Å²) in [4.78, 5) is 17.5. The summed E-state index contributed by atoms with van der Waals surface area (Å²) in [5, 5.41) is 2.83. The average Bonchev–Trinajstić information content (AvgIpc) is 2.39. The number of aryl methyl sites for hydroxylation is 2. The Labute approximate surface area is 117 Å². The topological polar surface area (TPSA) is 42.0 Å². The Kier molecular flexibility index (Phi) is 4.22. The monoisotopic (exact) mass is 272 g/mol. The maximum Gasteiger partial charge on any atom is 0.257 e. The van der Waals surface area contributed by atoms with Gasteiger partial charge in [-0.1, -0.05) is 6.07 Å². The molecule has 0 aliphatic heterocycles. The van der Waals surface area contributed by atoms with Gasteiger partial charge in [-0.3, -0.25) is 4.79 Å². The van der Waals surface area contributed by atoms with Crippen LogP contribution in [0.15, 0.2) is 41.4 Å². The van der Waals surface area contributed by atoms with Gasteiger partial charge in [-0.15, -0.1) is 11.8 Å². The van der Waals surface area contributed by atoms with E-state index in [4.69, 9.17) is 0 Å². The molecule has 0 fully saturated rings. The van der Waals surface area contributed by atoms with Crippen LogP contribution in [0.5, 0.6) is 0 Å². The molecule has 4 heteroatoms. The Morgan fingerprint density at radius 1 is 1.21 bits per heavy atom. The number of pyridine rings is 1. The molecule has 0 bridgehead atoms. The molecule has 0 spiro atoms. The molecular formula is C15H16N2OS. The number of thioether (sulfide) groups is 1. The number of hydrogen-bond donors (Lipinski definition) is 1. The van der Waals surface area contributed by atoms with Crippen molar-refractivity contribution in [3.63, 3.8) is 0 Å². The van der Waals surface area contributed by atoms with Gasteiger partial charge in [0.05, 0.1) is 0 Å². The smallest absolute Gasteiger partial charge is 0.257 e. The average molecular weight is 272 g/mol. The first-order chi connectivity index (χ1) is 9.10. The normalized spacial score (nSPS) is 10.3. The molecule has 2 aromatic rings. The van der Waals surface area contributed by atoms with Crippen molar-refractivity contribution in [2.24, 2.45) is 0 Å². The van der Waals surface area contributed by atoms with Crippen molar-refractivity contribution in [1.82, 2.24) is 4.98 Å². The summed E-state index contributed by atoms with van der Waals surface area (Å²) >= 11 is 1.62. The van der Waals surface area contributed by atoms with E-state index in [-0.39, 0.29) is 5.91 Å². The van der Waals surface area contributed by atoms with Crippen LogP contribution in [0.4, 0.5) is 5.82 Å². The SMILES string of the molecule is CSc1ccc(C)c(C(=O)Nc2cc(C)ccn2)c1. The molecule has 98 valence electrons. The number of amides is 1. The zero-order chi connectivity index (χ0) is 13.8. The fourth-order valence-electron chi connectivity index (χ4n) is 1.76. The molecule has 0 aliphatic carbocycles. The number of nitrogens with zero attached hydrogens (tertiary/aromatic N) is 1. The van der Waals surface area contributed by atoms with Gasteiger partial charge < -0.3 is 5.32 Å². The van der Waals surface area contributed by atoms with Crippen molar-refractivity contribution in [2.75, 3.05) is 11.6 Å². The van der Waals surface area contributed by atoms with E-state index in [2.05, 4.69) is 10.3 Å². The van der Waals surface area contributed by atoms with Crippen molar-refractivity contribution in [3.05, 3.63) is 53.2 Å². The summed E-state index contributed by atoms with van der Waals surface area (Å²) in [5.41, 5.74) is 2.72. The van der Waals surface area contributed by atoms with Crippen LogP contribution in [0.1, 0.15) is 21.5 Å². The molecule has 1 heterocycles. The predicted octanol–water partition coefficient (Wildman–Crippen LogP) is 3.67. The lowest BCUT2D eigenvalue weighted by atomic mass is 10.1. The van der Waals surface area contributed by atoms with E-state index in [0.29, 0.717) is 11.4 Å². The second kappa shape index (κ2) is 5.89. The first-order valence-electron chi connectivity index (χ1n) is 5.99. The molecule has 19 heavy (non-hydrogen) atoms. The van der Waals surface area contributed by atoms with Crippen LogP contribution in [-0.4, -0.2) is 17.1 Å². The lowest BCUT2D eigenvalue weighted by molar-refractivity contribution is 0.102. The van der Waals surface area contributed by atoms with Crippen LogP contribution < -0.4 is 5.32 Å². The van der Waals surface area contributed by atoms with Crippen LogP contribution in [0.3, 0.4) is 0 Å². The van der Waals surface area contributed by atoms with Crippen LogP contribution in [0.25, 0.3) is 0 Å². The van der Waals surface area contributed by atoms with Crippen molar-refractivity contribution in [3.8, 4) is 0 Å². The van der Waals surface area contributed by atoms with Crippen LogP contribution in [0, 0.1) is 13.8 Å². The van der Waals surface area contributed by atoms with Gasteiger partial charge in [-0.2, -0.15) is 0 Å². The second-order valence-corrected chi connectivity index (χ2v) is 5.23. The number of hydrogen-bond acceptors (Lipinski definition) is 3. The van der Waals surface area contributed by atoms with Crippen LogP contribution >= 0.6 is 11.8 Å². The van der Waals surface area contributed by atoms with Crippen LogP contribution in [-0.2, 0) is 0 Å². The minimum atomic E-state index is -0.119. The molecule has 0 atom stereocenters. The number of anilines is 1. The number of carbonyl (C=O) groups excluding carboxylic acids is 1. The lowest BCUT2D eigenvalue weighted by Crippen LogP contribution is -2.14. The molecule has 0 saturated heterocycles. The maximum atomic E-state index is 12.3. The zero-order valence-electron chi connectivity index (χ0n) is 11.2. The minimum Gasteiger partial charge on any atom is -0.307 e. The van der Waals surface area contributed by atoms with Gasteiger partial charge in [0.15, 0.2) is 0 Å². The number of rotatable bonds is 3. The van der Waals surface area contributed by atoms with E-state index in [1.165, 1.54) is 0 Å². The highest BCUT2D eigenvalue weighted by Gasteiger charge is 2.10. The fourth-order valence-corrected chi connectivity index (χ4v) is 2.20. The van der Waals surface area contributed by atoms with Gasteiger partial charge in [0, 0.05) is 16.7 Å². The number of aromatic nitrogens is 1. The highest BCUT2D eigenvalue weighted by atomic mass is 32.2. The molecule has 0 unspecified atom stereocenters. The minimum absolute atomic E-state index is 0.119. The Balaban J connectivity index is 2.25. The Morgan fingerprint density at radius 3 is 2.68 bits per heavy atom. The Hall–Kier alpha value is -1.81. The second-order valence-electron chi connectivity index (χ2n) is 4.35. The van der Waals surface area contributed by atoms with Crippen molar-refractivity contribution in [2.45, 2.75) is 18.7 Å². The molecule has 1 amide bonds. The summed E-state index contributed by atoms with van der Waals surface area (Å²) in [5.74, 6) is 0.463. The summed E-state index contributed by atoms with van der Waals surface area (Å²) in [6, 6.07) is 9.64. The maximum absolute atomic E-state index is 12.3. The van der Waals surface area contributed by atoms with Gasteiger partial charge in [-0.25, -0.2) is 4.98 Å². The van der Waals surface area contributed by atoms with Gasteiger partial charge in [0.25, 0.3) is 5.91 Å². The lowest BCUT2D eigenvalue weighted by Gasteiger charge is -2.08. The first kappa shape index (κ1) is 13.6. The molecule has 0 radical (unpaired) electrons. The molecule has 1 N–H and O–H groups in total.